The van der Waals surface area contributed by atoms with Crippen molar-refractivity contribution in [2.45, 2.75) is 26.4 Å². The van der Waals surface area contributed by atoms with Crippen LogP contribution in [0.4, 0.5) is 0 Å². The summed E-state index contributed by atoms with van der Waals surface area (Å²) in [6.45, 7) is 1.62. The first-order valence-corrected chi connectivity index (χ1v) is 10.3. The second-order valence-electron chi connectivity index (χ2n) is 7.34. The molecule has 6 nitrogen and oxygen atoms in total. The Morgan fingerprint density at radius 1 is 1.13 bits per heavy atom. The van der Waals surface area contributed by atoms with Crippen molar-refractivity contribution in [2.24, 2.45) is 0 Å². The maximum atomic E-state index is 13.1. The molecule has 7 heteroatoms. The number of hydrogen-bond acceptors (Lipinski definition) is 6. The summed E-state index contributed by atoms with van der Waals surface area (Å²) in [7, 11) is 0. The highest BCUT2D eigenvalue weighted by atomic mass is 35.5. The summed E-state index contributed by atoms with van der Waals surface area (Å²) < 4.78 is 10.8. The topological polar surface area (TPSA) is 78.1 Å². The van der Waals surface area contributed by atoms with Gasteiger partial charge in [0.15, 0.2) is 6.61 Å². The SMILES string of the molecule is Cc1nnc(COC(=O)c2c3c(nc4ccccc24)/C(=C/c2ccc(Cl)cc2)CC3)o1. The van der Waals surface area contributed by atoms with Gasteiger partial charge in [-0.3, -0.25) is 0 Å². The molecular weight excluding hydrogens is 414 g/mol. The minimum atomic E-state index is -0.418. The summed E-state index contributed by atoms with van der Waals surface area (Å²) in [6.07, 6.45) is 3.61. The zero-order valence-electron chi connectivity index (χ0n) is 16.8. The lowest BCUT2D eigenvalue weighted by atomic mass is 10.0. The Labute approximate surface area is 183 Å². The number of para-hydroxylation sites is 1. The number of aryl methyl sites for hydroxylation is 1. The molecule has 0 spiro atoms. The maximum Gasteiger partial charge on any atom is 0.339 e. The van der Waals surface area contributed by atoms with Crippen molar-refractivity contribution in [3.63, 3.8) is 0 Å². The van der Waals surface area contributed by atoms with Gasteiger partial charge in [0, 0.05) is 17.3 Å². The number of rotatable bonds is 4. The number of nitrogens with zero attached hydrogens (tertiary/aromatic N) is 3. The average molecular weight is 432 g/mol. The molecule has 0 fully saturated rings. The lowest BCUT2D eigenvalue weighted by molar-refractivity contribution is 0.0438. The number of fused-ring (bicyclic) bond motifs is 2. The number of pyridine rings is 1. The van der Waals surface area contributed by atoms with Crippen LogP contribution in [0.25, 0.3) is 22.6 Å². The quantitative estimate of drug-likeness (QED) is 0.401. The van der Waals surface area contributed by atoms with Gasteiger partial charge in [-0.1, -0.05) is 41.9 Å². The predicted octanol–water partition coefficient (Wildman–Crippen LogP) is 5.42. The van der Waals surface area contributed by atoms with Gasteiger partial charge in [-0.2, -0.15) is 0 Å². The first-order valence-electron chi connectivity index (χ1n) is 9.93. The van der Waals surface area contributed by atoms with E-state index in [9.17, 15) is 4.79 Å². The van der Waals surface area contributed by atoms with Crippen LogP contribution in [0.2, 0.25) is 5.02 Å². The van der Waals surface area contributed by atoms with Crippen molar-refractivity contribution < 1.29 is 13.9 Å². The van der Waals surface area contributed by atoms with E-state index in [4.69, 9.17) is 25.7 Å². The Balaban J connectivity index is 1.55. The van der Waals surface area contributed by atoms with Crippen molar-refractivity contribution in [1.29, 1.82) is 0 Å². The Morgan fingerprint density at radius 2 is 1.94 bits per heavy atom. The van der Waals surface area contributed by atoms with E-state index in [1.165, 1.54) is 0 Å². The van der Waals surface area contributed by atoms with Crippen molar-refractivity contribution in [3.05, 3.63) is 87.7 Å². The van der Waals surface area contributed by atoms with Crippen molar-refractivity contribution >= 4 is 40.1 Å². The predicted molar refractivity (Wildman–Crippen MR) is 118 cm³/mol. The zero-order chi connectivity index (χ0) is 21.4. The van der Waals surface area contributed by atoms with E-state index in [2.05, 4.69) is 16.3 Å². The molecule has 0 saturated carbocycles. The third-order valence-electron chi connectivity index (χ3n) is 5.25. The Morgan fingerprint density at radius 3 is 2.71 bits per heavy atom. The highest BCUT2D eigenvalue weighted by molar-refractivity contribution is 6.30. The van der Waals surface area contributed by atoms with Gasteiger partial charge in [0.1, 0.15) is 0 Å². The molecule has 0 bridgehead atoms. The molecule has 0 unspecified atom stereocenters. The number of esters is 1. The number of hydrogen-bond donors (Lipinski definition) is 0. The standard InChI is InChI=1S/C24H18ClN3O3/c1-14-27-28-21(31-14)13-30-24(29)22-18-4-2-3-5-20(18)26-23-16(8-11-19(22)23)12-15-6-9-17(25)10-7-15/h2-7,9-10,12H,8,11,13H2,1H3/b16-12+. The Bertz CT molecular complexity index is 1330. The van der Waals surface area contributed by atoms with E-state index >= 15 is 0 Å². The fraction of sp³-hybridized carbons (Fsp3) is 0.167. The third kappa shape index (κ3) is 3.82. The van der Waals surface area contributed by atoms with E-state index in [1.807, 2.05) is 48.5 Å². The molecule has 2 aromatic heterocycles. The van der Waals surface area contributed by atoms with E-state index in [0.717, 1.165) is 46.1 Å². The van der Waals surface area contributed by atoms with Crippen LogP contribution in [0.1, 0.15) is 45.4 Å². The Hall–Kier alpha value is -3.51. The molecular formula is C24H18ClN3O3. The summed E-state index contributed by atoms with van der Waals surface area (Å²) in [4.78, 5) is 18.0. The summed E-state index contributed by atoms with van der Waals surface area (Å²) in [6, 6.07) is 15.3. The lowest BCUT2D eigenvalue weighted by Gasteiger charge is -2.11. The minimum absolute atomic E-state index is 0.0709. The lowest BCUT2D eigenvalue weighted by Crippen LogP contribution is -2.10. The molecule has 0 N–H and O–H groups in total. The number of ether oxygens (including phenoxy) is 1. The monoisotopic (exact) mass is 431 g/mol. The summed E-state index contributed by atoms with van der Waals surface area (Å²) in [5, 5.41) is 9.13. The molecule has 1 aliphatic rings. The van der Waals surface area contributed by atoms with Gasteiger partial charge in [0.25, 0.3) is 5.89 Å². The number of allylic oxidation sites excluding steroid dienone is 1. The van der Waals surface area contributed by atoms with Gasteiger partial charge in [0.05, 0.1) is 16.8 Å². The number of aromatic nitrogens is 3. The molecule has 0 amide bonds. The number of benzene rings is 2. The summed E-state index contributed by atoms with van der Waals surface area (Å²) in [5.74, 6) is 0.279. The van der Waals surface area contributed by atoms with Crippen molar-refractivity contribution in [1.82, 2.24) is 15.2 Å². The molecule has 0 radical (unpaired) electrons. The smallest absolute Gasteiger partial charge is 0.339 e. The van der Waals surface area contributed by atoms with Crippen molar-refractivity contribution in [2.75, 3.05) is 0 Å². The van der Waals surface area contributed by atoms with E-state index in [1.54, 1.807) is 6.92 Å². The molecule has 4 aromatic rings. The molecule has 5 rings (SSSR count). The van der Waals surface area contributed by atoms with Gasteiger partial charge in [-0.05, 0) is 53.8 Å². The Kier molecular flexibility index (Phi) is 5.00. The maximum absolute atomic E-state index is 13.1. The van der Waals surface area contributed by atoms with Crippen molar-refractivity contribution in [3.8, 4) is 0 Å². The van der Waals surface area contributed by atoms with Gasteiger partial charge < -0.3 is 9.15 Å². The van der Waals surface area contributed by atoms with Gasteiger partial charge in [0.2, 0.25) is 5.89 Å². The van der Waals surface area contributed by atoms with Crippen LogP contribution in [-0.2, 0) is 17.8 Å². The second-order valence-corrected chi connectivity index (χ2v) is 7.78. The second kappa shape index (κ2) is 7.96. The summed E-state index contributed by atoms with van der Waals surface area (Å²) in [5.41, 5.74) is 5.18. The highest BCUT2D eigenvalue weighted by Gasteiger charge is 2.27. The third-order valence-corrected chi connectivity index (χ3v) is 5.50. The molecule has 154 valence electrons. The normalized spacial score (nSPS) is 14.2. The number of halogens is 1. The van der Waals surface area contributed by atoms with Crippen LogP contribution in [0.5, 0.6) is 0 Å². The number of carbonyl (C=O) groups excluding carboxylic acids is 1. The first kappa shape index (κ1) is 19.5. The van der Waals surface area contributed by atoms with Gasteiger partial charge in [-0.25, -0.2) is 9.78 Å². The molecule has 2 heterocycles. The molecule has 2 aromatic carbocycles. The molecule has 0 atom stereocenters. The van der Waals surface area contributed by atoms with E-state index in [-0.39, 0.29) is 12.5 Å². The number of carbonyl (C=O) groups is 1. The molecule has 1 aliphatic carbocycles. The van der Waals surface area contributed by atoms with Crippen LogP contribution in [0, 0.1) is 6.92 Å². The molecule has 0 saturated heterocycles. The highest BCUT2D eigenvalue weighted by Crippen LogP contribution is 2.38. The average Bonchev–Trinajstić information content (AvgIpc) is 3.37. The van der Waals surface area contributed by atoms with Crippen LogP contribution >= 0.6 is 11.6 Å². The van der Waals surface area contributed by atoms with Crippen LogP contribution in [0.15, 0.2) is 52.9 Å². The fourth-order valence-electron chi connectivity index (χ4n) is 3.87. The van der Waals surface area contributed by atoms with Crippen LogP contribution in [-0.4, -0.2) is 21.2 Å². The van der Waals surface area contributed by atoms with E-state index < -0.39 is 5.97 Å². The fourth-order valence-corrected chi connectivity index (χ4v) is 3.99. The van der Waals surface area contributed by atoms with Crippen LogP contribution in [0.3, 0.4) is 0 Å². The largest absolute Gasteiger partial charge is 0.452 e. The molecule has 0 aliphatic heterocycles. The zero-order valence-corrected chi connectivity index (χ0v) is 17.5. The minimum Gasteiger partial charge on any atom is -0.452 e. The first-order chi connectivity index (χ1) is 15.1. The van der Waals surface area contributed by atoms with Gasteiger partial charge >= 0.3 is 5.97 Å². The van der Waals surface area contributed by atoms with E-state index in [0.29, 0.717) is 16.5 Å². The van der Waals surface area contributed by atoms with Gasteiger partial charge in [-0.15, -0.1) is 10.2 Å². The summed E-state index contributed by atoms with van der Waals surface area (Å²) >= 11 is 6.01. The van der Waals surface area contributed by atoms with Crippen LogP contribution < -0.4 is 0 Å². The molecule has 31 heavy (non-hydrogen) atoms.